The van der Waals surface area contributed by atoms with Gasteiger partial charge in [0.05, 0.1) is 6.10 Å². The SMILES string of the molecule is CCCCC1C(C)C1OC. The molecule has 1 heteroatoms. The van der Waals surface area contributed by atoms with E-state index in [2.05, 4.69) is 13.8 Å². The summed E-state index contributed by atoms with van der Waals surface area (Å²) >= 11 is 0. The Morgan fingerprint density at radius 1 is 1.40 bits per heavy atom. The smallest absolute Gasteiger partial charge is 0.0632 e. The molecule has 0 heterocycles. The van der Waals surface area contributed by atoms with Gasteiger partial charge < -0.3 is 4.74 Å². The van der Waals surface area contributed by atoms with Crippen molar-refractivity contribution >= 4 is 0 Å². The van der Waals surface area contributed by atoms with Crippen molar-refractivity contribution in [3.8, 4) is 0 Å². The minimum atomic E-state index is 0.589. The quantitative estimate of drug-likeness (QED) is 0.586. The first-order valence-corrected chi connectivity index (χ1v) is 4.34. The predicted octanol–water partition coefficient (Wildman–Crippen LogP) is 2.46. The van der Waals surface area contributed by atoms with E-state index in [0.717, 1.165) is 11.8 Å². The van der Waals surface area contributed by atoms with Gasteiger partial charge in [-0.05, 0) is 18.3 Å². The molecule has 0 aliphatic heterocycles. The van der Waals surface area contributed by atoms with Gasteiger partial charge in [0.15, 0.2) is 0 Å². The van der Waals surface area contributed by atoms with E-state index < -0.39 is 0 Å². The molecule has 3 unspecified atom stereocenters. The molecule has 0 amide bonds. The van der Waals surface area contributed by atoms with Crippen LogP contribution in [0.5, 0.6) is 0 Å². The van der Waals surface area contributed by atoms with E-state index in [1.165, 1.54) is 19.3 Å². The normalized spacial score (nSPS) is 38.1. The third-order valence-corrected chi connectivity index (χ3v) is 2.64. The Balaban J connectivity index is 2.09. The first-order chi connectivity index (χ1) is 4.81. The molecule has 60 valence electrons. The van der Waals surface area contributed by atoms with Gasteiger partial charge in [-0.25, -0.2) is 0 Å². The molecule has 0 N–H and O–H groups in total. The molecule has 0 bridgehead atoms. The molecular weight excluding hydrogens is 124 g/mol. The van der Waals surface area contributed by atoms with E-state index in [4.69, 9.17) is 4.74 Å². The van der Waals surface area contributed by atoms with E-state index >= 15 is 0 Å². The van der Waals surface area contributed by atoms with Gasteiger partial charge >= 0.3 is 0 Å². The fraction of sp³-hybridized carbons (Fsp3) is 1.00. The average Bonchev–Trinajstić information content (AvgIpc) is 2.56. The lowest BCUT2D eigenvalue weighted by atomic mass is 10.1. The van der Waals surface area contributed by atoms with Crippen molar-refractivity contribution in [2.45, 2.75) is 39.2 Å². The fourth-order valence-corrected chi connectivity index (χ4v) is 1.76. The summed E-state index contributed by atoms with van der Waals surface area (Å²) in [5.74, 6) is 1.71. The van der Waals surface area contributed by atoms with Crippen LogP contribution in [0.15, 0.2) is 0 Å². The van der Waals surface area contributed by atoms with Gasteiger partial charge in [-0.1, -0.05) is 26.7 Å². The van der Waals surface area contributed by atoms with Crippen LogP contribution in [0.25, 0.3) is 0 Å². The zero-order valence-corrected chi connectivity index (χ0v) is 7.26. The number of ether oxygens (including phenoxy) is 1. The van der Waals surface area contributed by atoms with Crippen LogP contribution < -0.4 is 0 Å². The van der Waals surface area contributed by atoms with Crippen LogP contribution in [0.4, 0.5) is 0 Å². The standard InChI is InChI=1S/C9H18O/c1-4-5-6-8-7(2)9(8)10-3/h7-9H,4-6H2,1-3H3. The highest BCUT2D eigenvalue weighted by atomic mass is 16.5. The molecule has 1 nitrogen and oxygen atoms in total. The van der Waals surface area contributed by atoms with Crippen LogP contribution in [0, 0.1) is 11.8 Å². The van der Waals surface area contributed by atoms with Crippen molar-refractivity contribution in [2.24, 2.45) is 11.8 Å². The molecule has 1 aliphatic carbocycles. The van der Waals surface area contributed by atoms with Crippen LogP contribution in [0.3, 0.4) is 0 Å². The first kappa shape index (κ1) is 8.06. The number of methoxy groups -OCH3 is 1. The van der Waals surface area contributed by atoms with E-state index in [1.54, 1.807) is 0 Å². The topological polar surface area (TPSA) is 9.23 Å². The zero-order valence-electron chi connectivity index (χ0n) is 7.26. The van der Waals surface area contributed by atoms with Gasteiger partial charge in [0.1, 0.15) is 0 Å². The molecular formula is C9H18O. The summed E-state index contributed by atoms with van der Waals surface area (Å²) in [6, 6.07) is 0. The van der Waals surface area contributed by atoms with Crippen LogP contribution in [0.2, 0.25) is 0 Å². The third-order valence-electron chi connectivity index (χ3n) is 2.64. The van der Waals surface area contributed by atoms with Crippen LogP contribution >= 0.6 is 0 Å². The molecule has 0 aromatic carbocycles. The molecule has 1 aliphatic rings. The molecule has 1 fully saturated rings. The molecule has 0 spiro atoms. The maximum absolute atomic E-state index is 5.28. The van der Waals surface area contributed by atoms with Gasteiger partial charge in [0, 0.05) is 7.11 Å². The first-order valence-electron chi connectivity index (χ1n) is 4.34. The Bertz CT molecular complexity index is 101. The molecule has 0 saturated heterocycles. The largest absolute Gasteiger partial charge is 0.381 e. The van der Waals surface area contributed by atoms with Crippen LogP contribution in [-0.4, -0.2) is 13.2 Å². The van der Waals surface area contributed by atoms with Crippen LogP contribution in [-0.2, 0) is 4.74 Å². The number of rotatable bonds is 4. The van der Waals surface area contributed by atoms with E-state index in [9.17, 15) is 0 Å². The van der Waals surface area contributed by atoms with Crippen LogP contribution in [0.1, 0.15) is 33.1 Å². The van der Waals surface area contributed by atoms with E-state index in [-0.39, 0.29) is 0 Å². The Hall–Kier alpha value is -0.0400. The number of unbranched alkanes of at least 4 members (excludes halogenated alkanes) is 1. The lowest BCUT2D eigenvalue weighted by Crippen LogP contribution is -1.90. The summed E-state index contributed by atoms with van der Waals surface area (Å²) in [7, 11) is 1.83. The van der Waals surface area contributed by atoms with Gasteiger partial charge in [-0.15, -0.1) is 0 Å². The number of hydrogen-bond donors (Lipinski definition) is 0. The third kappa shape index (κ3) is 1.51. The lowest BCUT2D eigenvalue weighted by Gasteiger charge is -1.94. The molecule has 0 aromatic rings. The number of hydrogen-bond acceptors (Lipinski definition) is 1. The molecule has 0 aromatic heterocycles. The van der Waals surface area contributed by atoms with Crippen molar-refractivity contribution < 1.29 is 4.74 Å². The van der Waals surface area contributed by atoms with Crippen molar-refractivity contribution in [1.29, 1.82) is 0 Å². The summed E-state index contributed by atoms with van der Waals surface area (Å²) in [6.45, 7) is 4.53. The van der Waals surface area contributed by atoms with Crippen molar-refractivity contribution in [2.75, 3.05) is 7.11 Å². The average molecular weight is 142 g/mol. The second-order valence-corrected chi connectivity index (χ2v) is 3.37. The second-order valence-electron chi connectivity index (χ2n) is 3.37. The predicted molar refractivity (Wildman–Crippen MR) is 43.0 cm³/mol. The second kappa shape index (κ2) is 3.38. The lowest BCUT2D eigenvalue weighted by molar-refractivity contribution is 0.160. The van der Waals surface area contributed by atoms with E-state index in [1.807, 2.05) is 7.11 Å². The fourth-order valence-electron chi connectivity index (χ4n) is 1.76. The maximum Gasteiger partial charge on any atom is 0.0632 e. The Morgan fingerprint density at radius 2 is 2.10 bits per heavy atom. The molecule has 3 atom stereocenters. The molecule has 0 radical (unpaired) electrons. The summed E-state index contributed by atoms with van der Waals surface area (Å²) in [5, 5.41) is 0. The molecule has 1 rings (SSSR count). The summed E-state index contributed by atoms with van der Waals surface area (Å²) in [6.07, 6.45) is 4.65. The highest BCUT2D eigenvalue weighted by Gasteiger charge is 2.45. The highest BCUT2D eigenvalue weighted by Crippen LogP contribution is 2.44. The minimum absolute atomic E-state index is 0.589. The minimum Gasteiger partial charge on any atom is -0.381 e. The van der Waals surface area contributed by atoms with E-state index in [0.29, 0.717) is 6.10 Å². The van der Waals surface area contributed by atoms with Gasteiger partial charge in [0.25, 0.3) is 0 Å². The Morgan fingerprint density at radius 3 is 2.50 bits per heavy atom. The van der Waals surface area contributed by atoms with Crippen molar-refractivity contribution in [3.63, 3.8) is 0 Å². The summed E-state index contributed by atoms with van der Waals surface area (Å²) in [5.41, 5.74) is 0. The van der Waals surface area contributed by atoms with Crippen molar-refractivity contribution in [1.82, 2.24) is 0 Å². The Labute approximate surface area is 63.8 Å². The monoisotopic (exact) mass is 142 g/mol. The molecule has 1 saturated carbocycles. The molecule has 10 heavy (non-hydrogen) atoms. The Kier molecular flexibility index (Phi) is 2.72. The zero-order chi connectivity index (χ0) is 7.56. The van der Waals surface area contributed by atoms with Gasteiger partial charge in [-0.2, -0.15) is 0 Å². The van der Waals surface area contributed by atoms with Gasteiger partial charge in [-0.3, -0.25) is 0 Å². The van der Waals surface area contributed by atoms with Crippen molar-refractivity contribution in [3.05, 3.63) is 0 Å². The van der Waals surface area contributed by atoms with Gasteiger partial charge in [0.2, 0.25) is 0 Å². The maximum atomic E-state index is 5.28. The highest BCUT2D eigenvalue weighted by molar-refractivity contribution is 4.94. The summed E-state index contributed by atoms with van der Waals surface area (Å²) in [4.78, 5) is 0. The summed E-state index contributed by atoms with van der Waals surface area (Å²) < 4.78 is 5.28.